The lowest BCUT2D eigenvalue weighted by molar-refractivity contribution is 0.0952. The number of rotatable bonds is 6. The normalized spacial score (nSPS) is 11.0. The molecule has 3 aromatic carbocycles. The predicted octanol–water partition coefficient (Wildman–Crippen LogP) is 5.78. The van der Waals surface area contributed by atoms with Gasteiger partial charge in [-0.25, -0.2) is 14.1 Å². The van der Waals surface area contributed by atoms with E-state index in [-0.39, 0.29) is 11.7 Å². The third-order valence-electron chi connectivity index (χ3n) is 6.18. The van der Waals surface area contributed by atoms with E-state index in [0.717, 1.165) is 44.7 Å². The summed E-state index contributed by atoms with van der Waals surface area (Å²) in [6, 6.07) is 21.4. The Labute approximate surface area is 208 Å². The van der Waals surface area contributed by atoms with Crippen molar-refractivity contribution >= 4 is 16.8 Å². The summed E-state index contributed by atoms with van der Waals surface area (Å²) in [6.45, 7) is 4.25. The van der Waals surface area contributed by atoms with Crippen LogP contribution in [0.15, 0.2) is 79.0 Å². The molecule has 0 unspecified atom stereocenters. The number of carbonyl (C=O) groups excluding carboxylic acids is 1. The molecule has 0 atom stereocenters. The first-order valence-corrected chi connectivity index (χ1v) is 11.6. The molecule has 0 fully saturated rings. The summed E-state index contributed by atoms with van der Waals surface area (Å²) in [5.74, 6) is 0.237. The monoisotopic (exact) mass is 480 g/mol. The molecule has 0 spiro atoms. The van der Waals surface area contributed by atoms with Crippen molar-refractivity contribution in [3.8, 4) is 22.7 Å². The smallest absolute Gasteiger partial charge is 0.252 e. The Kier molecular flexibility index (Phi) is 6.21. The fourth-order valence-corrected chi connectivity index (χ4v) is 4.19. The quantitative estimate of drug-likeness (QED) is 0.334. The van der Waals surface area contributed by atoms with E-state index >= 15 is 0 Å². The minimum absolute atomic E-state index is 0.223. The fourth-order valence-electron chi connectivity index (χ4n) is 4.19. The Morgan fingerprint density at radius 1 is 1.00 bits per heavy atom. The molecular formula is C29H25FN4O2. The molecule has 2 aromatic heterocycles. The van der Waals surface area contributed by atoms with Crippen LogP contribution in [0.1, 0.15) is 27.2 Å². The molecule has 6 nitrogen and oxygen atoms in total. The van der Waals surface area contributed by atoms with Gasteiger partial charge in [0.2, 0.25) is 0 Å². The summed E-state index contributed by atoms with van der Waals surface area (Å²) in [5, 5.41) is 8.31. The van der Waals surface area contributed by atoms with Crippen LogP contribution in [0.3, 0.4) is 0 Å². The summed E-state index contributed by atoms with van der Waals surface area (Å²) in [4.78, 5) is 18.2. The van der Waals surface area contributed by atoms with Gasteiger partial charge in [0.1, 0.15) is 11.6 Å². The van der Waals surface area contributed by atoms with Crippen LogP contribution in [0.4, 0.5) is 4.39 Å². The molecule has 0 aliphatic heterocycles. The second kappa shape index (κ2) is 9.62. The molecule has 0 aliphatic rings. The van der Waals surface area contributed by atoms with Crippen LogP contribution < -0.4 is 10.1 Å². The van der Waals surface area contributed by atoms with Gasteiger partial charge in [0.05, 0.1) is 41.5 Å². The van der Waals surface area contributed by atoms with Crippen molar-refractivity contribution in [1.29, 1.82) is 0 Å². The number of amides is 1. The number of aryl methyl sites for hydroxylation is 1. The van der Waals surface area contributed by atoms with E-state index in [1.165, 1.54) is 12.1 Å². The Morgan fingerprint density at radius 3 is 2.47 bits per heavy atom. The van der Waals surface area contributed by atoms with Crippen molar-refractivity contribution in [3.63, 3.8) is 0 Å². The van der Waals surface area contributed by atoms with Crippen LogP contribution in [0.2, 0.25) is 0 Å². The van der Waals surface area contributed by atoms with Crippen LogP contribution in [0.25, 0.3) is 27.8 Å². The summed E-state index contributed by atoms with van der Waals surface area (Å²) in [5.41, 5.74) is 6.39. The highest BCUT2D eigenvalue weighted by Crippen LogP contribution is 2.29. The molecule has 5 rings (SSSR count). The van der Waals surface area contributed by atoms with Gasteiger partial charge in [0.25, 0.3) is 5.91 Å². The van der Waals surface area contributed by atoms with Gasteiger partial charge in [-0.15, -0.1) is 0 Å². The largest absolute Gasteiger partial charge is 0.497 e. The summed E-state index contributed by atoms with van der Waals surface area (Å²) in [6.07, 6.45) is 1.77. The van der Waals surface area contributed by atoms with Crippen LogP contribution in [0, 0.1) is 19.7 Å². The number of nitrogens with one attached hydrogen (secondary N) is 1. The van der Waals surface area contributed by atoms with E-state index in [9.17, 15) is 9.18 Å². The lowest BCUT2D eigenvalue weighted by atomic mass is 10.0. The van der Waals surface area contributed by atoms with Gasteiger partial charge < -0.3 is 10.1 Å². The van der Waals surface area contributed by atoms with E-state index < -0.39 is 0 Å². The maximum absolute atomic E-state index is 13.3. The SMILES string of the molecule is COc1ccc(-n2ncc(-c3cc(C(=O)NCc4ccc(F)cc4)c4cc(C)ccc4n3)c2C)cc1. The van der Waals surface area contributed by atoms with Crippen molar-refractivity contribution in [2.24, 2.45) is 0 Å². The second-order valence-corrected chi connectivity index (χ2v) is 8.64. The van der Waals surface area contributed by atoms with Crippen LogP contribution >= 0.6 is 0 Å². The third kappa shape index (κ3) is 4.55. The van der Waals surface area contributed by atoms with Gasteiger partial charge in [-0.3, -0.25) is 4.79 Å². The molecule has 2 heterocycles. The van der Waals surface area contributed by atoms with Crippen LogP contribution in [-0.2, 0) is 6.54 Å². The summed E-state index contributed by atoms with van der Waals surface area (Å²) in [7, 11) is 1.63. The Hall–Kier alpha value is -4.52. The summed E-state index contributed by atoms with van der Waals surface area (Å²) >= 11 is 0. The minimum Gasteiger partial charge on any atom is -0.497 e. The van der Waals surface area contributed by atoms with E-state index in [2.05, 4.69) is 10.4 Å². The number of fused-ring (bicyclic) bond motifs is 1. The number of methoxy groups -OCH3 is 1. The number of nitrogens with zero attached hydrogens (tertiary/aromatic N) is 3. The lowest BCUT2D eigenvalue weighted by Crippen LogP contribution is -2.23. The van der Waals surface area contributed by atoms with Crippen molar-refractivity contribution < 1.29 is 13.9 Å². The molecular weight excluding hydrogens is 455 g/mol. The maximum Gasteiger partial charge on any atom is 0.252 e. The van der Waals surface area contributed by atoms with Crippen molar-refractivity contribution in [3.05, 3.63) is 107 Å². The van der Waals surface area contributed by atoms with Gasteiger partial charge in [0, 0.05) is 17.5 Å². The Balaban J connectivity index is 1.52. The fraction of sp³-hybridized carbons (Fsp3) is 0.138. The van der Waals surface area contributed by atoms with Crippen molar-refractivity contribution in [2.75, 3.05) is 7.11 Å². The number of halogens is 1. The standard InChI is InChI=1S/C29H25FN4O2/c1-18-4-13-27-24(14-18)25(29(35)31-16-20-5-7-21(30)8-6-20)15-28(33-27)26-17-32-34(19(26)2)22-9-11-23(36-3)12-10-22/h4-15,17H,16H2,1-3H3,(H,31,35). The average molecular weight is 481 g/mol. The third-order valence-corrected chi connectivity index (χ3v) is 6.18. The topological polar surface area (TPSA) is 69.0 Å². The molecule has 36 heavy (non-hydrogen) atoms. The van der Waals surface area contributed by atoms with Gasteiger partial charge in [0.15, 0.2) is 0 Å². The number of hydrogen-bond donors (Lipinski definition) is 1. The van der Waals surface area contributed by atoms with E-state index in [0.29, 0.717) is 17.8 Å². The zero-order chi connectivity index (χ0) is 25.2. The molecule has 1 N–H and O–H groups in total. The first kappa shape index (κ1) is 23.2. The van der Waals surface area contributed by atoms with Gasteiger partial charge >= 0.3 is 0 Å². The van der Waals surface area contributed by atoms with E-state index in [1.54, 1.807) is 25.4 Å². The van der Waals surface area contributed by atoms with E-state index in [1.807, 2.05) is 67.1 Å². The highest BCUT2D eigenvalue weighted by molar-refractivity contribution is 6.07. The zero-order valence-electron chi connectivity index (χ0n) is 20.2. The van der Waals surface area contributed by atoms with Gasteiger partial charge in [-0.1, -0.05) is 23.8 Å². The van der Waals surface area contributed by atoms with Gasteiger partial charge in [-0.05, 0) is 74.0 Å². The number of carbonyl (C=O) groups is 1. The number of hydrogen-bond acceptors (Lipinski definition) is 4. The molecule has 0 aliphatic carbocycles. The highest BCUT2D eigenvalue weighted by atomic mass is 19.1. The van der Waals surface area contributed by atoms with Gasteiger partial charge in [-0.2, -0.15) is 5.10 Å². The average Bonchev–Trinajstić information content (AvgIpc) is 3.28. The minimum atomic E-state index is -0.309. The number of benzene rings is 3. The Bertz CT molecular complexity index is 1560. The predicted molar refractivity (Wildman–Crippen MR) is 138 cm³/mol. The van der Waals surface area contributed by atoms with Crippen molar-refractivity contribution in [1.82, 2.24) is 20.1 Å². The van der Waals surface area contributed by atoms with Crippen LogP contribution in [0.5, 0.6) is 5.75 Å². The summed E-state index contributed by atoms with van der Waals surface area (Å²) < 4.78 is 20.3. The molecule has 0 saturated heterocycles. The Morgan fingerprint density at radius 2 is 1.75 bits per heavy atom. The zero-order valence-corrected chi connectivity index (χ0v) is 20.2. The number of ether oxygens (including phenoxy) is 1. The molecule has 0 saturated carbocycles. The first-order chi connectivity index (χ1) is 17.4. The van der Waals surface area contributed by atoms with Crippen molar-refractivity contribution in [2.45, 2.75) is 20.4 Å². The number of pyridine rings is 1. The molecule has 5 aromatic rings. The molecule has 1 amide bonds. The highest BCUT2D eigenvalue weighted by Gasteiger charge is 2.18. The first-order valence-electron chi connectivity index (χ1n) is 11.6. The molecule has 0 bridgehead atoms. The molecule has 7 heteroatoms. The molecule has 0 radical (unpaired) electrons. The van der Waals surface area contributed by atoms with Crippen LogP contribution in [-0.4, -0.2) is 27.8 Å². The number of aromatic nitrogens is 3. The molecule has 180 valence electrons. The second-order valence-electron chi connectivity index (χ2n) is 8.64. The lowest BCUT2D eigenvalue weighted by Gasteiger charge is -2.12. The van der Waals surface area contributed by atoms with E-state index in [4.69, 9.17) is 9.72 Å². The maximum atomic E-state index is 13.3.